The van der Waals surface area contributed by atoms with Crippen LogP contribution in [0.25, 0.3) is 0 Å². The first-order valence-electron chi connectivity index (χ1n) is 5.38. The van der Waals surface area contributed by atoms with Gasteiger partial charge in [0.15, 0.2) is 11.6 Å². The van der Waals surface area contributed by atoms with E-state index in [0.29, 0.717) is 11.4 Å². The van der Waals surface area contributed by atoms with Gasteiger partial charge < -0.3 is 10.5 Å². The van der Waals surface area contributed by atoms with E-state index in [0.717, 1.165) is 10.0 Å². The monoisotopic (exact) mass is 310 g/mol. The normalized spacial score (nSPS) is 10.4. The van der Waals surface area contributed by atoms with E-state index in [4.69, 9.17) is 10.5 Å². The number of benzene rings is 1. The fourth-order valence-electron chi connectivity index (χ4n) is 1.50. The molecule has 0 aliphatic rings. The molecule has 2 rings (SSSR count). The van der Waals surface area contributed by atoms with E-state index in [1.54, 1.807) is 24.4 Å². The van der Waals surface area contributed by atoms with Gasteiger partial charge in [-0.05, 0) is 46.6 Å². The molecule has 94 valence electrons. The van der Waals surface area contributed by atoms with E-state index in [2.05, 4.69) is 20.9 Å². The van der Waals surface area contributed by atoms with Gasteiger partial charge in [-0.25, -0.2) is 9.37 Å². The van der Waals surface area contributed by atoms with Crippen molar-refractivity contribution in [3.63, 3.8) is 0 Å². The summed E-state index contributed by atoms with van der Waals surface area (Å²) in [5, 5.41) is 0. The summed E-state index contributed by atoms with van der Waals surface area (Å²) in [6.45, 7) is 2.14. The van der Waals surface area contributed by atoms with Crippen molar-refractivity contribution in [1.82, 2.24) is 4.98 Å². The van der Waals surface area contributed by atoms with Crippen molar-refractivity contribution >= 4 is 15.9 Å². The van der Waals surface area contributed by atoms with Crippen LogP contribution in [0.1, 0.15) is 11.1 Å². The second kappa shape index (κ2) is 5.46. The molecule has 18 heavy (non-hydrogen) atoms. The molecule has 0 atom stereocenters. The van der Waals surface area contributed by atoms with E-state index in [9.17, 15) is 4.39 Å². The van der Waals surface area contributed by atoms with Crippen LogP contribution >= 0.6 is 15.9 Å². The van der Waals surface area contributed by atoms with Gasteiger partial charge in [0.25, 0.3) is 0 Å². The highest BCUT2D eigenvalue weighted by Crippen LogP contribution is 2.27. The fraction of sp³-hybridized carbons (Fsp3) is 0.154. The van der Waals surface area contributed by atoms with Crippen LogP contribution in [-0.4, -0.2) is 4.98 Å². The molecule has 3 nitrogen and oxygen atoms in total. The molecule has 0 unspecified atom stereocenters. The van der Waals surface area contributed by atoms with Gasteiger partial charge in [-0.15, -0.1) is 0 Å². The third-order valence-electron chi connectivity index (χ3n) is 2.41. The number of pyridine rings is 1. The first-order valence-corrected chi connectivity index (χ1v) is 6.18. The Hall–Kier alpha value is -1.46. The van der Waals surface area contributed by atoms with E-state index >= 15 is 0 Å². The Morgan fingerprint density at radius 2 is 2.17 bits per heavy atom. The van der Waals surface area contributed by atoms with Gasteiger partial charge >= 0.3 is 0 Å². The molecule has 0 radical (unpaired) electrons. The maximum Gasteiger partial charge on any atom is 0.223 e. The predicted molar refractivity (Wildman–Crippen MR) is 71.0 cm³/mol. The van der Waals surface area contributed by atoms with E-state index in [1.165, 1.54) is 6.07 Å². The minimum absolute atomic E-state index is 0.152. The molecule has 0 amide bonds. The van der Waals surface area contributed by atoms with Crippen LogP contribution in [0.2, 0.25) is 0 Å². The summed E-state index contributed by atoms with van der Waals surface area (Å²) in [4.78, 5) is 4.10. The number of ether oxygens (including phenoxy) is 1. The van der Waals surface area contributed by atoms with Gasteiger partial charge in [0, 0.05) is 22.8 Å². The number of halogens is 2. The Labute approximate surface area is 113 Å². The van der Waals surface area contributed by atoms with Crippen LogP contribution in [0.4, 0.5) is 4.39 Å². The quantitative estimate of drug-likeness (QED) is 0.943. The van der Waals surface area contributed by atoms with Gasteiger partial charge in [-0.1, -0.05) is 6.07 Å². The minimum atomic E-state index is -0.423. The second-order valence-corrected chi connectivity index (χ2v) is 4.77. The lowest BCUT2D eigenvalue weighted by Gasteiger charge is -2.10. The summed E-state index contributed by atoms with van der Waals surface area (Å²) in [5.41, 5.74) is 7.23. The van der Waals surface area contributed by atoms with Gasteiger partial charge in [-0.2, -0.15) is 0 Å². The Bertz CT molecular complexity index is 575. The summed E-state index contributed by atoms with van der Waals surface area (Å²) >= 11 is 3.30. The Kier molecular flexibility index (Phi) is 3.93. The van der Waals surface area contributed by atoms with Crippen molar-refractivity contribution in [3.8, 4) is 11.6 Å². The summed E-state index contributed by atoms with van der Waals surface area (Å²) < 4.78 is 19.9. The lowest BCUT2D eigenvalue weighted by atomic mass is 10.2. The summed E-state index contributed by atoms with van der Waals surface area (Å²) in [6.07, 6.45) is 1.59. The highest BCUT2D eigenvalue weighted by molar-refractivity contribution is 9.10. The first-order chi connectivity index (χ1) is 8.60. The minimum Gasteiger partial charge on any atom is -0.436 e. The van der Waals surface area contributed by atoms with Crippen LogP contribution in [0.5, 0.6) is 11.6 Å². The highest BCUT2D eigenvalue weighted by atomic mass is 79.9. The zero-order valence-electron chi connectivity index (χ0n) is 9.78. The van der Waals surface area contributed by atoms with E-state index < -0.39 is 5.82 Å². The number of rotatable bonds is 3. The molecule has 0 fully saturated rings. The van der Waals surface area contributed by atoms with Gasteiger partial charge in [-0.3, -0.25) is 0 Å². The van der Waals surface area contributed by atoms with Crippen molar-refractivity contribution in [2.24, 2.45) is 5.73 Å². The molecule has 1 aromatic carbocycles. The molecule has 1 aromatic heterocycles. The average molecular weight is 311 g/mol. The van der Waals surface area contributed by atoms with E-state index in [-0.39, 0.29) is 12.3 Å². The highest BCUT2D eigenvalue weighted by Gasteiger charge is 2.10. The number of nitrogens with zero attached hydrogens (tertiary/aromatic N) is 1. The molecule has 2 aromatic rings. The van der Waals surface area contributed by atoms with Gasteiger partial charge in [0.1, 0.15) is 0 Å². The molecule has 0 aliphatic carbocycles. The Morgan fingerprint density at radius 1 is 1.39 bits per heavy atom. The molecular formula is C13H12BrFN2O. The van der Waals surface area contributed by atoms with E-state index in [1.807, 2.05) is 6.92 Å². The van der Waals surface area contributed by atoms with Crippen LogP contribution < -0.4 is 10.5 Å². The smallest absolute Gasteiger partial charge is 0.223 e. The number of aromatic nitrogens is 1. The molecule has 0 spiro atoms. The lowest BCUT2D eigenvalue weighted by Crippen LogP contribution is -2.02. The molecule has 0 saturated carbocycles. The third-order valence-corrected chi connectivity index (χ3v) is 2.84. The topological polar surface area (TPSA) is 48.1 Å². The van der Waals surface area contributed by atoms with Crippen LogP contribution in [0, 0.1) is 12.7 Å². The molecular weight excluding hydrogens is 299 g/mol. The SMILES string of the molecule is Cc1ccc(F)c(Oc2ncc(Br)cc2CN)c1. The molecule has 5 heteroatoms. The van der Waals surface area contributed by atoms with Crippen molar-refractivity contribution in [1.29, 1.82) is 0 Å². The maximum absolute atomic E-state index is 13.6. The molecule has 0 aliphatic heterocycles. The van der Waals surface area contributed by atoms with Crippen molar-refractivity contribution in [2.45, 2.75) is 13.5 Å². The lowest BCUT2D eigenvalue weighted by molar-refractivity contribution is 0.422. The van der Waals surface area contributed by atoms with Gasteiger partial charge in [0.2, 0.25) is 5.88 Å². The molecule has 2 N–H and O–H groups in total. The summed E-state index contributed by atoms with van der Waals surface area (Å²) in [5.74, 6) is 0.0537. The average Bonchev–Trinajstić information content (AvgIpc) is 2.36. The van der Waals surface area contributed by atoms with Crippen molar-refractivity contribution in [2.75, 3.05) is 0 Å². The van der Waals surface area contributed by atoms with Gasteiger partial charge in [0.05, 0.1) is 0 Å². The second-order valence-electron chi connectivity index (χ2n) is 3.86. The third kappa shape index (κ3) is 2.86. The first kappa shape index (κ1) is 13.0. The Morgan fingerprint density at radius 3 is 2.89 bits per heavy atom. The van der Waals surface area contributed by atoms with Crippen LogP contribution in [0.15, 0.2) is 34.9 Å². The number of hydrogen-bond acceptors (Lipinski definition) is 3. The Balaban J connectivity index is 2.36. The molecule has 0 saturated heterocycles. The standard InChI is InChI=1S/C13H12BrFN2O/c1-8-2-3-11(15)12(4-8)18-13-9(6-16)5-10(14)7-17-13/h2-5,7H,6,16H2,1H3. The van der Waals surface area contributed by atoms with Crippen molar-refractivity contribution < 1.29 is 9.13 Å². The number of hydrogen-bond donors (Lipinski definition) is 1. The van der Waals surface area contributed by atoms with Crippen LogP contribution in [-0.2, 0) is 6.54 Å². The zero-order valence-corrected chi connectivity index (χ0v) is 11.4. The number of aryl methyl sites for hydroxylation is 1. The largest absolute Gasteiger partial charge is 0.436 e. The maximum atomic E-state index is 13.6. The molecule has 1 heterocycles. The summed E-state index contributed by atoms with van der Waals surface area (Å²) in [7, 11) is 0. The zero-order chi connectivity index (χ0) is 13.1. The summed E-state index contributed by atoms with van der Waals surface area (Å²) in [6, 6.07) is 6.47. The number of nitrogens with two attached hydrogens (primary N) is 1. The fourth-order valence-corrected chi connectivity index (χ4v) is 1.88. The van der Waals surface area contributed by atoms with Crippen LogP contribution in [0.3, 0.4) is 0 Å². The predicted octanol–water partition coefficient (Wildman–Crippen LogP) is 3.54. The van der Waals surface area contributed by atoms with Crippen molar-refractivity contribution in [3.05, 3.63) is 51.9 Å². The molecule has 0 bridgehead atoms.